The van der Waals surface area contributed by atoms with E-state index in [1.165, 1.54) is 6.42 Å². The van der Waals surface area contributed by atoms with Gasteiger partial charge in [-0.1, -0.05) is 42.0 Å². The Morgan fingerprint density at radius 1 is 1.00 bits per heavy atom. The van der Waals surface area contributed by atoms with Gasteiger partial charge in [-0.05, 0) is 78.8 Å². The number of rotatable bonds is 8. The molecule has 1 aromatic heterocycles. The number of carbonyl (C=O) groups is 1. The second-order valence-corrected chi connectivity index (χ2v) is 8.57. The quantitative estimate of drug-likeness (QED) is 0.380. The molecule has 1 aliphatic carbocycles. The molecule has 0 bridgehead atoms. The summed E-state index contributed by atoms with van der Waals surface area (Å²) in [6, 6.07) is 19.0. The maximum absolute atomic E-state index is 13.3. The van der Waals surface area contributed by atoms with Crippen LogP contribution in [0.4, 0.5) is 0 Å². The fourth-order valence-electron chi connectivity index (χ4n) is 3.85. The molecule has 3 aromatic rings. The Morgan fingerprint density at radius 2 is 1.75 bits per heavy atom. The first-order chi connectivity index (χ1) is 15.7. The summed E-state index contributed by atoms with van der Waals surface area (Å²) in [7, 11) is 0. The molecular weight excluding hydrogens is 420 g/mol. The van der Waals surface area contributed by atoms with Crippen LogP contribution in [-0.4, -0.2) is 22.4 Å². The van der Waals surface area contributed by atoms with Gasteiger partial charge in [0.05, 0.1) is 6.61 Å². The highest BCUT2D eigenvalue weighted by Gasteiger charge is 2.17. The predicted octanol–water partition coefficient (Wildman–Crippen LogP) is 6.31. The zero-order valence-electron chi connectivity index (χ0n) is 18.0. The van der Waals surface area contributed by atoms with Crippen LogP contribution < -0.4 is 4.74 Å². The van der Waals surface area contributed by atoms with E-state index in [2.05, 4.69) is 17.1 Å². The molecule has 5 heteroatoms. The van der Waals surface area contributed by atoms with Gasteiger partial charge < -0.3 is 9.64 Å². The first-order valence-electron chi connectivity index (χ1n) is 11.0. The number of benzene rings is 2. The number of carbonyl (C=O) groups excluding carboxylic acids is 1. The highest BCUT2D eigenvalue weighted by atomic mass is 35.5. The molecule has 0 aliphatic heterocycles. The number of halogens is 1. The van der Waals surface area contributed by atoms with Crippen molar-refractivity contribution in [2.45, 2.75) is 32.4 Å². The van der Waals surface area contributed by atoms with Gasteiger partial charge in [0.1, 0.15) is 5.75 Å². The molecule has 0 saturated heterocycles. The summed E-state index contributed by atoms with van der Waals surface area (Å²) in [5.41, 5.74) is 2.65. The Morgan fingerprint density at radius 3 is 2.44 bits per heavy atom. The molecule has 0 fully saturated rings. The molecule has 0 unspecified atom stereocenters. The number of aromatic nitrogens is 1. The zero-order valence-corrected chi connectivity index (χ0v) is 18.7. The molecule has 0 spiro atoms. The third-order valence-corrected chi connectivity index (χ3v) is 5.88. The molecule has 1 heterocycles. The fraction of sp³-hybridized carbons (Fsp3) is 0.259. The molecule has 4 nitrogen and oxygen atoms in total. The van der Waals surface area contributed by atoms with Crippen molar-refractivity contribution in [3.63, 3.8) is 0 Å². The normalized spacial score (nSPS) is 15.3. The van der Waals surface area contributed by atoms with Crippen molar-refractivity contribution >= 4 is 17.5 Å². The van der Waals surface area contributed by atoms with E-state index in [0.717, 1.165) is 36.3 Å². The second-order valence-electron chi connectivity index (χ2n) is 8.13. The van der Waals surface area contributed by atoms with Gasteiger partial charge in [-0.15, -0.1) is 0 Å². The van der Waals surface area contributed by atoms with E-state index in [-0.39, 0.29) is 5.91 Å². The monoisotopic (exact) mass is 446 g/mol. The molecular formula is C27H27ClN2O2. The van der Waals surface area contributed by atoms with Gasteiger partial charge in [0.25, 0.3) is 5.91 Å². The average molecular weight is 447 g/mol. The topological polar surface area (TPSA) is 42.4 Å². The smallest absolute Gasteiger partial charge is 0.254 e. The number of amides is 1. The number of hydrogen-bond donors (Lipinski definition) is 0. The van der Waals surface area contributed by atoms with Crippen LogP contribution in [0.25, 0.3) is 0 Å². The van der Waals surface area contributed by atoms with Crippen molar-refractivity contribution < 1.29 is 9.53 Å². The third kappa shape index (κ3) is 6.21. The molecule has 4 rings (SSSR count). The number of hydrogen-bond acceptors (Lipinski definition) is 3. The molecule has 0 N–H and O–H groups in total. The lowest BCUT2D eigenvalue weighted by Gasteiger charge is -2.23. The summed E-state index contributed by atoms with van der Waals surface area (Å²) in [6.45, 7) is 1.72. The summed E-state index contributed by atoms with van der Waals surface area (Å²) >= 11 is 6.12. The van der Waals surface area contributed by atoms with Crippen LogP contribution >= 0.6 is 11.6 Å². The lowest BCUT2D eigenvalue weighted by Crippen LogP contribution is -2.30. The summed E-state index contributed by atoms with van der Waals surface area (Å²) in [6.07, 6.45) is 11.4. The summed E-state index contributed by atoms with van der Waals surface area (Å²) in [5.74, 6) is 1.39. The van der Waals surface area contributed by atoms with Crippen molar-refractivity contribution in [3.05, 3.63) is 107 Å². The molecule has 1 amide bonds. The maximum Gasteiger partial charge on any atom is 0.254 e. The molecule has 1 aliphatic rings. The van der Waals surface area contributed by atoms with Crippen molar-refractivity contribution in [2.75, 3.05) is 6.61 Å². The SMILES string of the molecule is O=C(c1cccc(Cl)c1)N(Cc1ccncc1)Cc1ccc(OC[C@@H]2CC=CCC2)cc1. The van der Waals surface area contributed by atoms with Crippen LogP contribution in [0.3, 0.4) is 0 Å². The highest BCUT2D eigenvalue weighted by Crippen LogP contribution is 2.22. The number of allylic oxidation sites excluding steroid dienone is 2. The van der Waals surface area contributed by atoms with Gasteiger partial charge in [0.2, 0.25) is 0 Å². The van der Waals surface area contributed by atoms with Crippen LogP contribution in [0.2, 0.25) is 5.02 Å². The highest BCUT2D eigenvalue weighted by molar-refractivity contribution is 6.30. The first-order valence-corrected chi connectivity index (χ1v) is 11.4. The Labute approximate surface area is 194 Å². The molecule has 1 atom stereocenters. The second kappa shape index (κ2) is 11.0. The van der Waals surface area contributed by atoms with Gasteiger partial charge in [-0.3, -0.25) is 9.78 Å². The van der Waals surface area contributed by atoms with E-state index in [1.807, 2.05) is 41.3 Å². The van der Waals surface area contributed by atoms with E-state index < -0.39 is 0 Å². The Bertz CT molecular complexity index is 1050. The van der Waals surface area contributed by atoms with Gasteiger partial charge in [0.15, 0.2) is 0 Å². The van der Waals surface area contributed by atoms with Gasteiger partial charge in [-0.25, -0.2) is 0 Å². The maximum atomic E-state index is 13.3. The fourth-order valence-corrected chi connectivity index (χ4v) is 4.04. The van der Waals surface area contributed by atoms with E-state index in [1.54, 1.807) is 36.7 Å². The van der Waals surface area contributed by atoms with E-state index in [0.29, 0.717) is 29.6 Å². The third-order valence-electron chi connectivity index (χ3n) is 5.64. The first kappa shape index (κ1) is 22.1. The van der Waals surface area contributed by atoms with E-state index in [4.69, 9.17) is 16.3 Å². The summed E-state index contributed by atoms with van der Waals surface area (Å²) in [4.78, 5) is 19.2. The van der Waals surface area contributed by atoms with Crippen LogP contribution in [0, 0.1) is 5.92 Å². The Kier molecular flexibility index (Phi) is 7.57. The van der Waals surface area contributed by atoms with Gasteiger partial charge >= 0.3 is 0 Å². The molecule has 32 heavy (non-hydrogen) atoms. The summed E-state index contributed by atoms with van der Waals surface area (Å²) in [5, 5.41) is 0.551. The van der Waals surface area contributed by atoms with Gasteiger partial charge in [0, 0.05) is 36.1 Å². The minimum atomic E-state index is -0.0602. The largest absolute Gasteiger partial charge is 0.493 e. The zero-order chi connectivity index (χ0) is 22.2. The number of nitrogens with zero attached hydrogens (tertiary/aromatic N) is 2. The van der Waals surface area contributed by atoms with Crippen LogP contribution in [-0.2, 0) is 13.1 Å². The standard InChI is InChI=1S/C27H27ClN2O2/c28-25-8-4-7-24(17-25)27(31)30(19-22-13-15-29-16-14-22)18-21-9-11-26(12-10-21)32-20-23-5-2-1-3-6-23/h1-2,4,7-17,23H,3,5-6,18-20H2/t23-/m1/s1. The number of ether oxygens (including phenoxy) is 1. The average Bonchev–Trinajstić information content (AvgIpc) is 2.84. The van der Waals surface area contributed by atoms with Crippen LogP contribution in [0.5, 0.6) is 5.75 Å². The Balaban J connectivity index is 1.45. The molecule has 0 saturated carbocycles. The summed E-state index contributed by atoms with van der Waals surface area (Å²) < 4.78 is 6.00. The number of pyridine rings is 1. The van der Waals surface area contributed by atoms with Crippen molar-refractivity contribution in [1.29, 1.82) is 0 Å². The predicted molar refractivity (Wildman–Crippen MR) is 128 cm³/mol. The minimum Gasteiger partial charge on any atom is -0.493 e. The van der Waals surface area contributed by atoms with Crippen LogP contribution in [0.1, 0.15) is 40.7 Å². The lowest BCUT2D eigenvalue weighted by atomic mass is 9.95. The minimum absolute atomic E-state index is 0.0602. The van der Waals surface area contributed by atoms with E-state index >= 15 is 0 Å². The lowest BCUT2D eigenvalue weighted by molar-refractivity contribution is 0.0730. The van der Waals surface area contributed by atoms with Gasteiger partial charge in [-0.2, -0.15) is 0 Å². The molecule has 2 aromatic carbocycles. The van der Waals surface area contributed by atoms with Crippen molar-refractivity contribution in [1.82, 2.24) is 9.88 Å². The van der Waals surface area contributed by atoms with E-state index in [9.17, 15) is 4.79 Å². The molecule has 164 valence electrons. The molecule has 0 radical (unpaired) electrons. The van der Waals surface area contributed by atoms with Crippen molar-refractivity contribution in [3.8, 4) is 5.75 Å². The van der Waals surface area contributed by atoms with Crippen LogP contribution in [0.15, 0.2) is 85.2 Å². The Hall–Kier alpha value is -3.11. The van der Waals surface area contributed by atoms with Crippen molar-refractivity contribution in [2.24, 2.45) is 5.92 Å².